The van der Waals surface area contributed by atoms with Crippen LogP contribution in [0, 0.1) is 5.92 Å². The maximum atomic E-state index is 12.8. The van der Waals surface area contributed by atoms with Crippen LogP contribution in [0.2, 0.25) is 0 Å². The van der Waals surface area contributed by atoms with Crippen LogP contribution in [0.15, 0.2) is 0 Å². The molecular weight excluding hydrogens is 278 g/mol. The molecule has 0 bridgehead atoms. The molecule has 1 heterocycles. The molecule has 1 fully saturated rings. The lowest BCUT2D eigenvalue weighted by Crippen LogP contribution is -2.52. The molecule has 0 aliphatic carbocycles. The number of carbonyl (C=O) groups is 2. The normalized spacial score (nSPS) is 20.0. The van der Waals surface area contributed by atoms with Gasteiger partial charge in [0.05, 0.1) is 12.0 Å². The second kappa shape index (κ2) is 9.82. The largest absolute Gasteiger partial charge is 0.356 e. The van der Waals surface area contributed by atoms with Gasteiger partial charge in [-0.25, -0.2) is 0 Å². The molecule has 0 spiro atoms. The van der Waals surface area contributed by atoms with Crippen molar-refractivity contribution < 1.29 is 9.59 Å². The van der Waals surface area contributed by atoms with E-state index in [4.69, 9.17) is 0 Å². The highest BCUT2D eigenvalue weighted by molar-refractivity contribution is 5.84. The number of amides is 2. The van der Waals surface area contributed by atoms with E-state index in [0.717, 1.165) is 51.9 Å². The number of piperidine rings is 1. The molecule has 128 valence electrons. The van der Waals surface area contributed by atoms with Gasteiger partial charge in [-0.15, -0.1) is 0 Å². The average Bonchev–Trinajstić information content (AvgIpc) is 2.56. The van der Waals surface area contributed by atoms with Crippen molar-refractivity contribution in [3.05, 3.63) is 0 Å². The van der Waals surface area contributed by atoms with Crippen molar-refractivity contribution in [3.63, 3.8) is 0 Å². The number of likely N-dealkylation sites (tertiary alicyclic amines) is 1. The van der Waals surface area contributed by atoms with Crippen LogP contribution in [-0.2, 0) is 9.59 Å². The van der Waals surface area contributed by atoms with Crippen molar-refractivity contribution in [2.45, 2.75) is 59.4 Å². The van der Waals surface area contributed by atoms with Crippen molar-refractivity contribution in [1.29, 1.82) is 0 Å². The Hall–Kier alpha value is -1.10. The second-order valence-electron chi connectivity index (χ2n) is 6.06. The average molecular weight is 311 g/mol. The third-order valence-corrected chi connectivity index (χ3v) is 4.58. The highest BCUT2D eigenvalue weighted by Gasteiger charge is 2.32. The smallest absolute Gasteiger partial charge is 0.239 e. The Bertz CT molecular complexity index is 356. The molecule has 0 aromatic rings. The fourth-order valence-corrected chi connectivity index (χ4v) is 3.25. The minimum atomic E-state index is -0.0487. The van der Waals surface area contributed by atoms with E-state index in [0.29, 0.717) is 6.54 Å². The van der Waals surface area contributed by atoms with Crippen LogP contribution in [0.5, 0.6) is 0 Å². The summed E-state index contributed by atoms with van der Waals surface area (Å²) in [5, 5.41) is 2.96. The molecule has 0 radical (unpaired) electrons. The molecular formula is C17H33N3O2. The van der Waals surface area contributed by atoms with Crippen LogP contribution in [-0.4, -0.2) is 60.4 Å². The summed E-state index contributed by atoms with van der Waals surface area (Å²) in [5.41, 5.74) is 0. The molecule has 2 atom stereocenters. The molecule has 5 heteroatoms. The Morgan fingerprint density at radius 1 is 1.23 bits per heavy atom. The molecule has 1 saturated heterocycles. The monoisotopic (exact) mass is 311 g/mol. The number of hydrogen-bond donors (Lipinski definition) is 1. The first-order valence-electron chi connectivity index (χ1n) is 8.89. The number of hydrogen-bond acceptors (Lipinski definition) is 3. The summed E-state index contributed by atoms with van der Waals surface area (Å²) in [5.74, 6) is 0.257. The van der Waals surface area contributed by atoms with E-state index in [1.165, 1.54) is 0 Å². The maximum Gasteiger partial charge on any atom is 0.239 e. The number of nitrogens with one attached hydrogen (secondary N) is 1. The Balaban J connectivity index is 2.66. The van der Waals surface area contributed by atoms with Crippen molar-refractivity contribution in [3.8, 4) is 0 Å². The van der Waals surface area contributed by atoms with E-state index >= 15 is 0 Å². The van der Waals surface area contributed by atoms with Crippen molar-refractivity contribution >= 4 is 11.8 Å². The fraction of sp³-hybridized carbons (Fsp3) is 0.882. The topological polar surface area (TPSA) is 52.7 Å². The zero-order valence-electron chi connectivity index (χ0n) is 14.7. The fourth-order valence-electron chi connectivity index (χ4n) is 3.25. The van der Waals surface area contributed by atoms with Crippen molar-refractivity contribution in [1.82, 2.24) is 15.1 Å². The molecule has 1 N–H and O–H groups in total. The lowest BCUT2D eigenvalue weighted by Gasteiger charge is -2.37. The lowest BCUT2D eigenvalue weighted by molar-refractivity contribution is -0.140. The molecule has 0 aromatic carbocycles. The SMILES string of the molecule is CCCNC(=O)[C@H]1CCCN(C(=O)[C@H](CC)N(CC)CC)C1. The number of rotatable bonds is 8. The molecule has 1 aliphatic heterocycles. The number of nitrogens with zero attached hydrogens (tertiary/aromatic N) is 2. The van der Waals surface area contributed by atoms with Crippen LogP contribution in [0.3, 0.4) is 0 Å². The Kier molecular flexibility index (Phi) is 8.46. The molecule has 5 nitrogen and oxygen atoms in total. The molecule has 0 unspecified atom stereocenters. The highest BCUT2D eigenvalue weighted by Crippen LogP contribution is 2.19. The van der Waals surface area contributed by atoms with Crippen LogP contribution in [0.1, 0.15) is 53.4 Å². The van der Waals surface area contributed by atoms with Gasteiger partial charge in [0, 0.05) is 19.6 Å². The predicted octanol–water partition coefficient (Wildman–Crippen LogP) is 1.87. The van der Waals surface area contributed by atoms with E-state index in [9.17, 15) is 9.59 Å². The Labute approximate surface area is 135 Å². The second-order valence-corrected chi connectivity index (χ2v) is 6.06. The van der Waals surface area contributed by atoms with Crippen LogP contribution >= 0.6 is 0 Å². The minimum Gasteiger partial charge on any atom is -0.356 e. The van der Waals surface area contributed by atoms with E-state index in [2.05, 4.69) is 31.0 Å². The zero-order chi connectivity index (χ0) is 16.5. The van der Waals surface area contributed by atoms with Crippen molar-refractivity contribution in [2.24, 2.45) is 5.92 Å². The first-order valence-corrected chi connectivity index (χ1v) is 8.89. The maximum absolute atomic E-state index is 12.8. The van der Waals surface area contributed by atoms with E-state index < -0.39 is 0 Å². The molecule has 2 amide bonds. The third-order valence-electron chi connectivity index (χ3n) is 4.58. The first kappa shape index (κ1) is 18.9. The predicted molar refractivity (Wildman–Crippen MR) is 89.6 cm³/mol. The van der Waals surface area contributed by atoms with Gasteiger partial charge in [0.1, 0.15) is 0 Å². The van der Waals surface area contributed by atoms with Gasteiger partial charge in [0.2, 0.25) is 11.8 Å². The van der Waals surface area contributed by atoms with Gasteiger partial charge in [0.25, 0.3) is 0 Å². The summed E-state index contributed by atoms with van der Waals surface area (Å²) in [6, 6.07) is -0.0487. The zero-order valence-corrected chi connectivity index (χ0v) is 14.7. The van der Waals surface area contributed by atoms with Crippen LogP contribution in [0.25, 0.3) is 0 Å². The van der Waals surface area contributed by atoms with Crippen molar-refractivity contribution in [2.75, 3.05) is 32.7 Å². The van der Waals surface area contributed by atoms with Gasteiger partial charge < -0.3 is 10.2 Å². The van der Waals surface area contributed by atoms with E-state index in [1.807, 2.05) is 11.8 Å². The standard InChI is InChI=1S/C17H33N3O2/c1-5-11-18-16(21)14-10-9-12-20(13-14)17(22)15(6-2)19(7-3)8-4/h14-15H,5-13H2,1-4H3,(H,18,21)/t14-,15-/m0/s1. The summed E-state index contributed by atoms with van der Waals surface area (Å²) < 4.78 is 0. The summed E-state index contributed by atoms with van der Waals surface area (Å²) >= 11 is 0. The van der Waals surface area contributed by atoms with Gasteiger partial charge in [0.15, 0.2) is 0 Å². The highest BCUT2D eigenvalue weighted by atomic mass is 16.2. The molecule has 0 aromatic heterocycles. The van der Waals surface area contributed by atoms with Crippen LogP contribution in [0.4, 0.5) is 0 Å². The number of carbonyl (C=O) groups excluding carboxylic acids is 2. The van der Waals surface area contributed by atoms with Gasteiger partial charge in [-0.3, -0.25) is 14.5 Å². The lowest BCUT2D eigenvalue weighted by atomic mass is 9.96. The van der Waals surface area contributed by atoms with Gasteiger partial charge >= 0.3 is 0 Å². The van der Waals surface area contributed by atoms with Gasteiger partial charge in [-0.1, -0.05) is 27.7 Å². The minimum absolute atomic E-state index is 0.0431. The molecule has 1 rings (SSSR count). The van der Waals surface area contributed by atoms with E-state index in [1.54, 1.807) is 0 Å². The summed E-state index contributed by atoms with van der Waals surface area (Å²) in [7, 11) is 0. The molecule has 1 aliphatic rings. The summed E-state index contributed by atoms with van der Waals surface area (Å²) in [6.45, 7) is 12.2. The number of likely N-dealkylation sites (N-methyl/N-ethyl adjacent to an activating group) is 1. The third kappa shape index (κ3) is 4.97. The Morgan fingerprint density at radius 2 is 1.91 bits per heavy atom. The summed E-state index contributed by atoms with van der Waals surface area (Å²) in [4.78, 5) is 29.1. The summed E-state index contributed by atoms with van der Waals surface area (Å²) in [6.07, 6.45) is 3.58. The van der Waals surface area contributed by atoms with Gasteiger partial charge in [-0.2, -0.15) is 0 Å². The quantitative estimate of drug-likeness (QED) is 0.744. The van der Waals surface area contributed by atoms with Gasteiger partial charge in [-0.05, 0) is 38.8 Å². The van der Waals surface area contributed by atoms with Crippen LogP contribution < -0.4 is 5.32 Å². The molecule has 22 heavy (non-hydrogen) atoms. The van der Waals surface area contributed by atoms with E-state index in [-0.39, 0.29) is 23.8 Å². The Morgan fingerprint density at radius 3 is 2.45 bits per heavy atom. The molecule has 0 saturated carbocycles. The first-order chi connectivity index (χ1) is 10.6.